The van der Waals surface area contributed by atoms with E-state index in [4.69, 9.17) is 16.3 Å². The van der Waals surface area contributed by atoms with Crippen LogP contribution in [0.1, 0.15) is 33.3 Å². The number of hydrogen-bond acceptors (Lipinski definition) is 2. The summed E-state index contributed by atoms with van der Waals surface area (Å²) in [6, 6.07) is 13.8. The summed E-state index contributed by atoms with van der Waals surface area (Å²) in [5, 5.41) is 0.709. The SMILES string of the molecule is CC1(C)OC(C)(C)/C(=C\c2cc(-c3ccc(Cl)cc3)ccc2Br)C1=O. The second kappa shape index (κ2) is 6.39. The molecule has 2 aromatic rings. The first-order valence-corrected chi connectivity index (χ1v) is 9.30. The van der Waals surface area contributed by atoms with Gasteiger partial charge in [0.15, 0.2) is 5.78 Å². The third-order valence-corrected chi connectivity index (χ3v) is 5.40. The van der Waals surface area contributed by atoms with Crippen LogP contribution in [-0.4, -0.2) is 17.0 Å². The van der Waals surface area contributed by atoms with Crippen LogP contribution in [0.3, 0.4) is 0 Å². The Kier molecular flexibility index (Phi) is 4.69. The predicted molar refractivity (Wildman–Crippen MR) is 107 cm³/mol. The van der Waals surface area contributed by atoms with Gasteiger partial charge in [0, 0.05) is 15.1 Å². The molecule has 0 aromatic heterocycles. The monoisotopic (exact) mass is 418 g/mol. The van der Waals surface area contributed by atoms with Crippen molar-refractivity contribution in [3.05, 3.63) is 63.1 Å². The second-order valence-electron chi connectivity index (χ2n) is 7.25. The molecule has 0 atom stereocenters. The summed E-state index contributed by atoms with van der Waals surface area (Å²) >= 11 is 9.56. The standard InChI is InChI=1S/C21H20BrClO2/c1-20(2)17(19(24)21(3,4)25-20)12-15-11-14(7-10-18(15)22)13-5-8-16(23)9-6-13/h5-12H,1-4H3/b17-12-. The Hall–Kier alpha value is -1.42. The lowest BCUT2D eigenvalue weighted by Crippen LogP contribution is -2.29. The highest BCUT2D eigenvalue weighted by Gasteiger charge is 2.49. The Bertz CT molecular complexity index is 864. The molecule has 1 aliphatic heterocycles. The minimum Gasteiger partial charge on any atom is -0.357 e. The van der Waals surface area contributed by atoms with Crippen molar-refractivity contribution in [2.75, 3.05) is 0 Å². The first-order chi connectivity index (χ1) is 11.6. The van der Waals surface area contributed by atoms with Crippen molar-refractivity contribution >= 4 is 39.4 Å². The molecule has 3 rings (SSSR count). The van der Waals surface area contributed by atoms with Crippen molar-refractivity contribution in [2.24, 2.45) is 0 Å². The zero-order valence-corrected chi connectivity index (χ0v) is 17.0. The smallest absolute Gasteiger partial charge is 0.192 e. The fraction of sp³-hybridized carbons (Fsp3) is 0.286. The lowest BCUT2D eigenvalue weighted by molar-refractivity contribution is -0.132. The topological polar surface area (TPSA) is 26.3 Å². The second-order valence-corrected chi connectivity index (χ2v) is 8.54. The van der Waals surface area contributed by atoms with Crippen LogP contribution >= 0.6 is 27.5 Å². The van der Waals surface area contributed by atoms with Gasteiger partial charge in [0.25, 0.3) is 0 Å². The summed E-state index contributed by atoms with van der Waals surface area (Å²) in [5.74, 6) is 0.0290. The number of ketones is 1. The Morgan fingerprint density at radius 2 is 1.56 bits per heavy atom. The van der Waals surface area contributed by atoms with Crippen LogP contribution in [0.4, 0.5) is 0 Å². The summed E-state index contributed by atoms with van der Waals surface area (Å²) in [6.07, 6.45) is 1.93. The summed E-state index contributed by atoms with van der Waals surface area (Å²) in [5.41, 5.74) is 2.36. The highest BCUT2D eigenvalue weighted by atomic mass is 79.9. The first-order valence-electron chi connectivity index (χ1n) is 8.13. The predicted octanol–water partition coefficient (Wildman–Crippen LogP) is 6.31. The average molecular weight is 420 g/mol. The Morgan fingerprint density at radius 3 is 2.12 bits per heavy atom. The minimum absolute atomic E-state index is 0.0290. The molecule has 2 aromatic carbocycles. The van der Waals surface area contributed by atoms with Gasteiger partial charge < -0.3 is 4.74 Å². The van der Waals surface area contributed by atoms with Crippen LogP contribution in [0.2, 0.25) is 5.02 Å². The van der Waals surface area contributed by atoms with E-state index < -0.39 is 11.2 Å². The average Bonchev–Trinajstić information content (AvgIpc) is 2.68. The zero-order valence-electron chi connectivity index (χ0n) is 14.7. The fourth-order valence-electron chi connectivity index (χ4n) is 3.21. The van der Waals surface area contributed by atoms with Crippen molar-refractivity contribution in [3.8, 4) is 11.1 Å². The number of Topliss-reactive ketones (excluding diaryl/α,β-unsaturated/α-hetero) is 1. The molecule has 0 aliphatic carbocycles. The highest BCUT2D eigenvalue weighted by Crippen LogP contribution is 2.40. The van der Waals surface area contributed by atoms with Crippen LogP contribution in [0, 0.1) is 0 Å². The molecule has 0 unspecified atom stereocenters. The molecule has 0 saturated carbocycles. The molecule has 0 spiro atoms. The molecule has 25 heavy (non-hydrogen) atoms. The van der Waals surface area contributed by atoms with Crippen LogP contribution in [-0.2, 0) is 9.53 Å². The number of carbonyl (C=O) groups is 1. The molecule has 1 saturated heterocycles. The largest absolute Gasteiger partial charge is 0.357 e. The molecule has 2 nitrogen and oxygen atoms in total. The molecular formula is C21H20BrClO2. The third kappa shape index (κ3) is 3.59. The normalized spacial score (nSPS) is 20.2. The maximum absolute atomic E-state index is 12.7. The van der Waals surface area contributed by atoms with E-state index in [9.17, 15) is 4.79 Å². The minimum atomic E-state index is -0.796. The quantitative estimate of drug-likeness (QED) is 0.533. The molecule has 1 heterocycles. The van der Waals surface area contributed by atoms with E-state index in [1.807, 2.05) is 70.2 Å². The van der Waals surface area contributed by atoms with Gasteiger partial charge in [-0.2, -0.15) is 0 Å². The van der Waals surface area contributed by atoms with Gasteiger partial charge in [-0.05, 0) is 74.7 Å². The number of carbonyl (C=O) groups excluding carboxylic acids is 1. The first kappa shape index (κ1) is 18.4. The molecular weight excluding hydrogens is 400 g/mol. The van der Waals surface area contributed by atoms with Crippen molar-refractivity contribution < 1.29 is 9.53 Å². The van der Waals surface area contributed by atoms with Crippen LogP contribution in [0.15, 0.2) is 52.5 Å². The third-order valence-electron chi connectivity index (χ3n) is 4.42. The molecule has 0 bridgehead atoms. The van der Waals surface area contributed by atoms with Crippen molar-refractivity contribution in [1.29, 1.82) is 0 Å². The number of hydrogen-bond donors (Lipinski definition) is 0. The van der Waals surface area contributed by atoms with Gasteiger partial charge in [-0.15, -0.1) is 0 Å². The van der Waals surface area contributed by atoms with Gasteiger partial charge in [0.1, 0.15) is 5.60 Å². The van der Waals surface area contributed by atoms with Gasteiger partial charge in [0.2, 0.25) is 0 Å². The number of ether oxygens (including phenoxy) is 1. The summed E-state index contributed by atoms with van der Waals surface area (Å²) < 4.78 is 6.89. The molecule has 0 radical (unpaired) electrons. The van der Waals surface area contributed by atoms with Gasteiger partial charge in [0.05, 0.1) is 5.60 Å². The molecule has 1 fully saturated rings. The van der Waals surface area contributed by atoms with Gasteiger partial charge in [-0.25, -0.2) is 0 Å². The molecule has 0 amide bonds. The number of rotatable bonds is 2. The van der Waals surface area contributed by atoms with E-state index in [1.165, 1.54) is 0 Å². The van der Waals surface area contributed by atoms with Gasteiger partial charge >= 0.3 is 0 Å². The van der Waals surface area contributed by atoms with E-state index >= 15 is 0 Å². The molecule has 0 N–H and O–H groups in total. The van der Waals surface area contributed by atoms with E-state index in [0.717, 1.165) is 21.2 Å². The summed E-state index contributed by atoms with van der Waals surface area (Å²) in [7, 11) is 0. The Morgan fingerprint density at radius 1 is 0.960 bits per heavy atom. The maximum Gasteiger partial charge on any atom is 0.192 e. The lowest BCUT2D eigenvalue weighted by atomic mass is 9.90. The summed E-state index contributed by atoms with van der Waals surface area (Å²) in [6.45, 7) is 7.50. The van der Waals surface area contributed by atoms with E-state index in [1.54, 1.807) is 0 Å². The van der Waals surface area contributed by atoms with Crippen molar-refractivity contribution in [2.45, 2.75) is 38.9 Å². The van der Waals surface area contributed by atoms with Crippen molar-refractivity contribution in [3.63, 3.8) is 0 Å². The number of benzene rings is 2. The van der Waals surface area contributed by atoms with Gasteiger partial charge in [-0.3, -0.25) is 4.79 Å². The Balaban J connectivity index is 2.07. The summed E-state index contributed by atoms with van der Waals surface area (Å²) in [4.78, 5) is 12.7. The van der Waals surface area contributed by atoms with E-state index in [0.29, 0.717) is 10.6 Å². The molecule has 1 aliphatic rings. The number of halogens is 2. The van der Waals surface area contributed by atoms with Crippen molar-refractivity contribution in [1.82, 2.24) is 0 Å². The lowest BCUT2D eigenvalue weighted by Gasteiger charge is -2.22. The van der Waals surface area contributed by atoms with Gasteiger partial charge in [-0.1, -0.05) is 45.7 Å². The van der Waals surface area contributed by atoms with E-state index in [-0.39, 0.29) is 5.78 Å². The van der Waals surface area contributed by atoms with Crippen LogP contribution < -0.4 is 0 Å². The molecule has 130 valence electrons. The fourth-order valence-corrected chi connectivity index (χ4v) is 3.70. The Labute approximate surface area is 162 Å². The van der Waals surface area contributed by atoms with Crippen LogP contribution in [0.5, 0.6) is 0 Å². The maximum atomic E-state index is 12.7. The van der Waals surface area contributed by atoms with Crippen LogP contribution in [0.25, 0.3) is 17.2 Å². The zero-order chi connectivity index (χ0) is 18.4. The van der Waals surface area contributed by atoms with E-state index in [2.05, 4.69) is 22.0 Å². The molecule has 4 heteroatoms. The highest BCUT2D eigenvalue weighted by molar-refractivity contribution is 9.10.